The third-order valence-corrected chi connectivity index (χ3v) is 8.92. The maximum absolute atomic E-state index is 14.9. The summed E-state index contributed by atoms with van der Waals surface area (Å²) in [6, 6.07) is 9.58. The van der Waals surface area contributed by atoms with Crippen molar-refractivity contribution in [3.63, 3.8) is 0 Å². The van der Waals surface area contributed by atoms with Gasteiger partial charge in [-0.3, -0.25) is 4.79 Å². The van der Waals surface area contributed by atoms with Crippen molar-refractivity contribution in [2.75, 3.05) is 33.3 Å². The van der Waals surface area contributed by atoms with Crippen LogP contribution in [0.5, 0.6) is 5.75 Å². The predicted octanol–water partition coefficient (Wildman–Crippen LogP) is 5.22. The first kappa shape index (κ1) is 29.3. The van der Waals surface area contributed by atoms with E-state index < -0.39 is 11.3 Å². The Morgan fingerprint density at radius 2 is 2.02 bits per heavy atom. The Morgan fingerprint density at radius 3 is 2.76 bits per heavy atom. The van der Waals surface area contributed by atoms with Gasteiger partial charge in [-0.2, -0.15) is 13.5 Å². The van der Waals surface area contributed by atoms with Crippen molar-refractivity contribution in [3.05, 3.63) is 42.1 Å². The van der Waals surface area contributed by atoms with Crippen molar-refractivity contribution >= 4 is 41.5 Å². The number of aryl methyl sites for hydroxylation is 1. The number of piperidine rings is 1. The molecule has 7 rings (SSSR count). The number of fused-ring (bicyclic) bond motifs is 2. The maximum Gasteiger partial charge on any atom is 0.257 e. The fourth-order valence-electron chi connectivity index (χ4n) is 6.47. The first-order chi connectivity index (χ1) is 18.8. The number of carbonyl (C=O) groups excluding carboxylic acids is 1. The molecule has 1 aliphatic carbocycles. The maximum atomic E-state index is 14.9. The second-order valence-corrected chi connectivity index (χ2v) is 11.4. The van der Waals surface area contributed by atoms with Crippen LogP contribution in [0.1, 0.15) is 43.5 Å². The van der Waals surface area contributed by atoms with E-state index in [1.165, 1.54) is 12.8 Å². The van der Waals surface area contributed by atoms with Gasteiger partial charge in [0.2, 0.25) is 0 Å². The molecule has 220 valence electrons. The summed E-state index contributed by atoms with van der Waals surface area (Å²) < 4.78 is 39.8. The van der Waals surface area contributed by atoms with Gasteiger partial charge in [-0.1, -0.05) is 7.43 Å². The topological polar surface area (TPSA) is 77.2 Å². The molecule has 3 fully saturated rings. The van der Waals surface area contributed by atoms with Crippen LogP contribution in [0.3, 0.4) is 0 Å². The van der Waals surface area contributed by atoms with E-state index in [1.807, 2.05) is 23.9 Å². The molecule has 2 aliphatic heterocycles. The third kappa shape index (κ3) is 4.67. The van der Waals surface area contributed by atoms with Gasteiger partial charge in [-0.15, -0.1) is 0 Å². The Bertz CT molecular complexity index is 1610. The van der Waals surface area contributed by atoms with Gasteiger partial charge in [0.1, 0.15) is 16.9 Å². The SMILES string of the molecule is C.COc1cc(C(=O)N2CC[C@]3(CNCCC3(F)F)C2)cc2nc(-c3cc4cccnc4n3CC3CC3)n(C)c12.S. The summed E-state index contributed by atoms with van der Waals surface area (Å²) in [4.78, 5) is 24.8. The number of pyridine rings is 1. The van der Waals surface area contributed by atoms with Crippen molar-refractivity contribution in [3.8, 4) is 17.3 Å². The molecule has 11 heteroatoms. The molecular formula is C30H38F2N6O2S. The number of nitrogens with one attached hydrogen (secondary N) is 1. The first-order valence-electron chi connectivity index (χ1n) is 13.7. The molecular weight excluding hydrogens is 546 g/mol. The predicted molar refractivity (Wildman–Crippen MR) is 161 cm³/mol. The van der Waals surface area contributed by atoms with Crippen LogP contribution in [0.4, 0.5) is 8.78 Å². The molecule has 1 aromatic carbocycles. The van der Waals surface area contributed by atoms with E-state index in [-0.39, 0.29) is 52.8 Å². The lowest BCUT2D eigenvalue weighted by molar-refractivity contribution is -0.134. The molecule has 8 nitrogen and oxygen atoms in total. The third-order valence-electron chi connectivity index (χ3n) is 8.92. The molecule has 1 spiro atoms. The van der Waals surface area contributed by atoms with Crippen molar-refractivity contribution < 1.29 is 18.3 Å². The number of rotatable bonds is 5. The number of aromatic nitrogens is 4. The smallest absolute Gasteiger partial charge is 0.257 e. The van der Waals surface area contributed by atoms with E-state index in [2.05, 4.69) is 27.0 Å². The highest BCUT2D eigenvalue weighted by molar-refractivity contribution is 7.59. The van der Waals surface area contributed by atoms with Crippen LogP contribution in [0, 0.1) is 11.3 Å². The quantitative estimate of drug-likeness (QED) is 0.348. The lowest BCUT2D eigenvalue weighted by Gasteiger charge is -2.41. The number of methoxy groups -OCH3 is 1. The van der Waals surface area contributed by atoms with Gasteiger partial charge in [-0.25, -0.2) is 18.7 Å². The highest BCUT2D eigenvalue weighted by Gasteiger charge is 2.58. The second-order valence-electron chi connectivity index (χ2n) is 11.4. The summed E-state index contributed by atoms with van der Waals surface area (Å²) in [5.41, 5.74) is 2.50. The minimum absolute atomic E-state index is 0. The molecule has 4 aromatic rings. The number of ether oxygens (including phenoxy) is 1. The van der Waals surface area contributed by atoms with E-state index in [9.17, 15) is 13.6 Å². The number of hydrogen-bond acceptors (Lipinski definition) is 5. The number of nitrogens with zero attached hydrogens (tertiary/aromatic N) is 5. The Morgan fingerprint density at radius 1 is 1.22 bits per heavy atom. The van der Waals surface area contributed by atoms with Crippen LogP contribution in [0.15, 0.2) is 36.5 Å². The van der Waals surface area contributed by atoms with Crippen LogP contribution in [-0.4, -0.2) is 69.1 Å². The Hall–Kier alpha value is -3.18. The number of halogens is 2. The Kier molecular flexibility index (Phi) is 7.57. The zero-order chi connectivity index (χ0) is 26.9. The number of alkyl halides is 2. The molecule has 3 aliphatic rings. The number of likely N-dealkylation sites (tertiary alicyclic amines) is 1. The summed E-state index contributed by atoms with van der Waals surface area (Å²) >= 11 is 0. The molecule has 1 saturated carbocycles. The van der Waals surface area contributed by atoms with E-state index in [0.717, 1.165) is 34.6 Å². The van der Waals surface area contributed by atoms with Crippen LogP contribution >= 0.6 is 13.5 Å². The van der Waals surface area contributed by atoms with Crippen molar-refractivity contribution in [2.24, 2.45) is 18.4 Å². The van der Waals surface area contributed by atoms with Crippen molar-refractivity contribution in [1.29, 1.82) is 0 Å². The molecule has 1 N–H and O–H groups in total. The Labute approximate surface area is 245 Å². The number of amides is 1. The fraction of sp³-hybridized carbons (Fsp3) is 0.500. The lowest BCUT2D eigenvalue weighted by Crippen LogP contribution is -2.55. The summed E-state index contributed by atoms with van der Waals surface area (Å²) in [6.07, 6.45) is 4.33. The highest BCUT2D eigenvalue weighted by atomic mass is 32.1. The fourth-order valence-corrected chi connectivity index (χ4v) is 6.47. The van der Waals surface area contributed by atoms with E-state index in [4.69, 9.17) is 9.72 Å². The molecule has 41 heavy (non-hydrogen) atoms. The van der Waals surface area contributed by atoms with Crippen molar-refractivity contribution in [1.82, 2.24) is 29.3 Å². The summed E-state index contributed by atoms with van der Waals surface area (Å²) in [7, 11) is 3.52. The second kappa shape index (κ2) is 10.6. The molecule has 1 atom stereocenters. The monoisotopic (exact) mass is 584 g/mol. The summed E-state index contributed by atoms with van der Waals surface area (Å²) in [5.74, 6) is -1.13. The zero-order valence-corrected chi connectivity index (χ0v) is 23.7. The Balaban J connectivity index is 0.00000169. The van der Waals surface area contributed by atoms with Gasteiger partial charge in [-0.05, 0) is 55.5 Å². The highest BCUT2D eigenvalue weighted by Crippen LogP contribution is 2.48. The number of carbonyl (C=O) groups is 1. The van der Waals surface area contributed by atoms with Crippen LogP contribution in [-0.2, 0) is 13.6 Å². The standard InChI is InChI=1S/C29H32F2N6O2.CH4.H2S/c1-35-24-21(34-26(35)22-13-19-4-3-9-33-25(19)37(22)15-18-5-6-18)12-20(14-23(24)39-2)27(38)36-11-8-28(17-36)16-32-10-7-29(28,30)31;;/h3-4,9,12-14,18,32H,5-8,10-11,15-17H2,1-2H3;1H4;1H2/t28-;;/m0../s1. The van der Waals surface area contributed by atoms with E-state index in [0.29, 0.717) is 35.8 Å². The van der Waals surface area contributed by atoms with Gasteiger partial charge >= 0.3 is 0 Å². The van der Waals surface area contributed by atoms with Gasteiger partial charge < -0.3 is 24.1 Å². The van der Waals surface area contributed by atoms with Crippen LogP contribution in [0.2, 0.25) is 0 Å². The van der Waals surface area contributed by atoms with Gasteiger partial charge in [0, 0.05) is 63.3 Å². The minimum atomic E-state index is -2.79. The minimum Gasteiger partial charge on any atom is -0.494 e. The number of imidazole rings is 1. The van der Waals surface area contributed by atoms with Crippen molar-refractivity contribution in [2.45, 2.75) is 45.6 Å². The first-order valence-corrected chi connectivity index (χ1v) is 13.7. The molecule has 0 unspecified atom stereocenters. The number of hydrogen-bond donors (Lipinski definition) is 1. The molecule has 3 aromatic heterocycles. The largest absolute Gasteiger partial charge is 0.494 e. The van der Waals surface area contributed by atoms with Gasteiger partial charge in [0.25, 0.3) is 11.8 Å². The molecule has 0 radical (unpaired) electrons. The van der Waals surface area contributed by atoms with Crippen LogP contribution < -0.4 is 10.1 Å². The molecule has 5 heterocycles. The van der Waals surface area contributed by atoms with Gasteiger partial charge in [0.05, 0.1) is 23.7 Å². The lowest BCUT2D eigenvalue weighted by atomic mass is 9.76. The zero-order valence-electron chi connectivity index (χ0n) is 22.7. The number of benzene rings is 1. The summed E-state index contributed by atoms with van der Waals surface area (Å²) in [6.45, 7) is 1.75. The average molecular weight is 585 g/mol. The van der Waals surface area contributed by atoms with E-state index in [1.54, 1.807) is 24.1 Å². The summed E-state index contributed by atoms with van der Waals surface area (Å²) in [5, 5.41) is 4.17. The van der Waals surface area contributed by atoms with Gasteiger partial charge in [0.15, 0.2) is 5.82 Å². The molecule has 2 saturated heterocycles. The average Bonchev–Trinajstić information content (AvgIpc) is 3.38. The molecule has 0 bridgehead atoms. The molecule has 1 amide bonds. The van der Waals surface area contributed by atoms with E-state index >= 15 is 0 Å². The van der Waals surface area contributed by atoms with Crippen LogP contribution in [0.25, 0.3) is 33.6 Å². The normalized spacial score (nSPS) is 21.7.